The van der Waals surface area contributed by atoms with Crippen LogP contribution in [0.25, 0.3) is 16.9 Å². The second-order valence-electron chi connectivity index (χ2n) is 5.68. The van der Waals surface area contributed by atoms with Gasteiger partial charge < -0.3 is 5.11 Å². The molecule has 132 valence electrons. The van der Waals surface area contributed by atoms with Crippen molar-refractivity contribution in [2.45, 2.75) is 11.8 Å². The van der Waals surface area contributed by atoms with E-state index in [2.05, 4.69) is 16.2 Å². The standard InChI is InChI=1S/C17H13ClN4O3S/c1-10-5-11(7-19)3-4-13(10)14-9-21-22(17(14)23)16-15(18)6-12(8-20-16)26(2,24)25/h3-6,8-9,23H,1-2H3. The number of hydrogen-bond acceptors (Lipinski definition) is 6. The normalized spacial score (nSPS) is 11.3. The molecular weight excluding hydrogens is 376 g/mol. The molecule has 0 saturated heterocycles. The van der Waals surface area contributed by atoms with E-state index in [0.717, 1.165) is 22.7 Å². The van der Waals surface area contributed by atoms with E-state index in [1.807, 2.05) is 6.92 Å². The van der Waals surface area contributed by atoms with Crippen LogP contribution >= 0.6 is 11.6 Å². The molecule has 9 heteroatoms. The maximum absolute atomic E-state index is 11.6. The number of rotatable bonds is 3. The van der Waals surface area contributed by atoms with Crippen LogP contribution in [0.1, 0.15) is 11.1 Å². The molecule has 7 nitrogen and oxygen atoms in total. The van der Waals surface area contributed by atoms with Gasteiger partial charge in [0.1, 0.15) is 0 Å². The van der Waals surface area contributed by atoms with Crippen LogP contribution in [0.2, 0.25) is 5.02 Å². The first-order valence-corrected chi connectivity index (χ1v) is 9.63. The van der Waals surface area contributed by atoms with Crippen molar-refractivity contribution in [3.05, 3.63) is 52.8 Å². The molecule has 26 heavy (non-hydrogen) atoms. The first kappa shape index (κ1) is 17.9. The van der Waals surface area contributed by atoms with Crippen LogP contribution in [0, 0.1) is 18.3 Å². The fourth-order valence-corrected chi connectivity index (χ4v) is 3.38. The molecule has 0 spiro atoms. The van der Waals surface area contributed by atoms with Gasteiger partial charge in [-0.05, 0) is 36.2 Å². The summed E-state index contributed by atoms with van der Waals surface area (Å²) in [6, 6.07) is 8.38. The summed E-state index contributed by atoms with van der Waals surface area (Å²) in [6.45, 7) is 1.82. The third-order valence-corrected chi connectivity index (χ3v) is 5.17. The average molecular weight is 389 g/mol. The van der Waals surface area contributed by atoms with Crippen LogP contribution in [-0.4, -0.2) is 34.5 Å². The summed E-state index contributed by atoms with van der Waals surface area (Å²) >= 11 is 6.13. The molecule has 2 aromatic heterocycles. The van der Waals surface area contributed by atoms with E-state index in [4.69, 9.17) is 16.9 Å². The number of hydrogen-bond donors (Lipinski definition) is 1. The van der Waals surface area contributed by atoms with Crippen LogP contribution in [0.15, 0.2) is 41.6 Å². The lowest BCUT2D eigenvalue weighted by molar-refractivity contribution is 0.433. The Kier molecular flexibility index (Phi) is 4.44. The predicted molar refractivity (Wildman–Crippen MR) is 96.0 cm³/mol. The second kappa shape index (κ2) is 6.44. The number of nitrogens with zero attached hydrogens (tertiary/aromatic N) is 4. The maximum Gasteiger partial charge on any atom is 0.223 e. The van der Waals surface area contributed by atoms with Crippen molar-refractivity contribution in [1.29, 1.82) is 5.26 Å². The number of sulfone groups is 1. The molecule has 0 bridgehead atoms. The average Bonchev–Trinajstić information content (AvgIpc) is 2.95. The molecule has 1 N–H and O–H groups in total. The summed E-state index contributed by atoms with van der Waals surface area (Å²) in [5.74, 6) is -0.0894. The molecule has 0 atom stereocenters. The molecule has 1 aromatic carbocycles. The van der Waals surface area contributed by atoms with E-state index in [1.165, 1.54) is 12.3 Å². The predicted octanol–water partition coefficient (Wildman–Crippen LogP) is 2.88. The van der Waals surface area contributed by atoms with Crippen molar-refractivity contribution < 1.29 is 13.5 Å². The minimum atomic E-state index is -3.45. The fraction of sp³-hybridized carbons (Fsp3) is 0.118. The van der Waals surface area contributed by atoms with Gasteiger partial charge in [0.2, 0.25) is 5.88 Å². The molecule has 0 unspecified atom stereocenters. The Morgan fingerprint density at radius 1 is 1.23 bits per heavy atom. The zero-order valence-corrected chi connectivity index (χ0v) is 15.4. The lowest BCUT2D eigenvalue weighted by Crippen LogP contribution is -2.03. The van der Waals surface area contributed by atoms with E-state index in [1.54, 1.807) is 18.2 Å². The van der Waals surface area contributed by atoms with Crippen LogP contribution in [0.4, 0.5) is 0 Å². The lowest BCUT2D eigenvalue weighted by atomic mass is 10.0. The summed E-state index contributed by atoms with van der Waals surface area (Å²) in [5.41, 5.74) is 2.46. The Morgan fingerprint density at radius 2 is 1.96 bits per heavy atom. The molecule has 2 heterocycles. The molecule has 0 aliphatic heterocycles. The third-order valence-electron chi connectivity index (χ3n) is 3.81. The van der Waals surface area contributed by atoms with Gasteiger partial charge in [-0.2, -0.15) is 15.0 Å². The minimum Gasteiger partial charge on any atom is -0.493 e. The lowest BCUT2D eigenvalue weighted by Gasteiger charge is -2.08. The molecule has 3 aromatic rings. The van der Waals surface area contributed by atoms with Gasteiger partial charge in [0.05, 0.1) is 33.3 Å². The van der Waals surface area contributed by atoms with Crippen LogP contribution in [-0.2, 0) is 9.84 Å². The van der Waals surface area contributed by atoms with Crippen molar-refractivity contribution in [3.63, 3.8) is 0 Å². The van der Waals surface area contributed by atoms with Gasteiger partial charge in [-0.1, -0.05) is 17.7 Å². The van der Waals surface area contributed by atoms with E-state index < -0.39 is 9.84 Å². The molecule has 0 amide bonds. The molecule has 0 saturated carbocycles. The van der Waals surface area contributed by atoms with E-state index in [-0.39, 0.29) is 21.6 Å². The van der Waals surface area contributed by atoms with Crippen LogP contribution in [0.5, 0.6) is 5.88 Å². The topological polar surface area (TPSA) is 109 Å². The number of aromatic hydroxyl groups is 1. The molecule has 0 aliphatic rings. The first-order chi connectivity index (χ1) is 12.2. The fourth-order valence-electron chi connectivity index (χ4n) is 2.49. The molecule has 0 radical (unpaired) electrons. The maximum atomic E-state index is 11.6. The smallest absolute Gasteiger partial charge is 0.223 e. The zero-order chi connectivity index (χ0) is 19.1. The van der Waals surface area contributed by atoms with Crippen molar-refractivity contribution in [1.82, 2.24) is 14.8 Å². The van der Waals surface area contributed by atoms with Crippen molar-refractivity contribution in [2.24, 2.45) is 0 Å². The van der Waals surface area contributed by atoms with Gasteiger partial charge in [-0.3, -0.25) is 0 Å². The van der Waals surface area contributed by atoms with Gasteiger partial charge in [0.25, 0.3) is 0 Å². The van der Waals surface area contributed by atoms with Gasteiger partial charge in [0, 0.05) is 12.5 Å². The summed E-state index contributed by atoms with van der Waals surface area (Å²) in [5, 5.41) is 23.7. The van der Waals surface area contributed by atoms with Gasteiger partial charge in [0.15, 0.2) is 15.7 Å². The molecule has 0 fully saturated rings. The van der Waals surface area contributed by atoms with E-state index in [9.17, 15) is 13.5 Å². The highest BCUT2D eigenvalue weighted by Gasteiger charge is 2.19. The summed E-state index contributed by atoms with van der Waals surface area (Å²) in [6.07, 6.45) is 3.66. The van der Waals surface area contributed by atoms with Crippen molar-refractivity contribution in [2.75, 3.05) is 6.26 Å². The number of nitriles is 1. The monoisotopic (exact) mass is 388 g/mol. The Balaban J connectivity index is 2.10. The van der Waals surface area contributed by atoms with Crippen molar-refractivity contribution >= 4 is 21.4 Å². The van der Waals surface area contributed by atoms with Gasteiger partial charge in [-0.15, -0.1) is 0 Å². The third kappa shape index (κ3) is 3.14. The summed E-state index contributed by atoms with van der Waals surface area (Å²) in [4.78, 5) is 3.99. The Bertz CT molecular complexity index is 1160. The first-order valence-electron chi connectivity index (χ1n) is 7.36. The Morgan fingerprint density at radius 3 is 2.54 bits per heavy atom. The molecular formula is C17H13ClN4O3S. The Labute approximate surface area is 155 Å². The van der Waals surface area contributed by atoms with Gasteiger partial charge >= 0.3 is 0 Å². The number of halogens is 1. The largest absolute Gasteiger partial charge is 0.493 e. The second-order valence-corrected chi connectivity index (χ2v) is 8.11. The van der Waals surface area contributed by atoms with E-state index in [0.29, 0.717) is 16.7 Å². The number of pyridine rings is 1. The summed E-state index contributed by atoms with van der Waals surface area (Å²) in [7, 11) is -3.45. The number of aromatic nitrogens is 3. The van der Waals surface area contributed by atoms with Crippen LogP contribution < -0.4 is 0 Å². The number of aryl methyl sites for hydroxylation is 1. The minimum absolute atomic E-state index is 0.0268. The van der Waals surface area contributed by atoms with Crippen molar-refractivity contribution in [3.8, 4) is 28.9 Å². The summed E-state index contributed by atoms with van der Waals surface area (Å²) < 4.78 is 24.3. The van der Waals surface area contributed by atoms with Crippen LogP contribution in [0.3, 0.4) is 0 Å². The number of benzene rings is 1. The Hall–Kier alpha value is -2.89. The highest BCUT2D eigenvalue weighted by Crippen LogP contribution is 2.34. The van der Waals surface area contributed by atoms with E-state index >= 15 is 0 Å². The molecule has 0 aliphatic carbocycles. The highest BCUT2D eigenvalue weighted by atomic mass is 35.5. The quantitative estimate of drug-likeness (QED) is 0.738. The highest BCUT2D eigenvalue weighted by molar-refractivity contribution is 7.90. The molecule has 3 rings (SSSR count). The SMILES string of the molecule is Cc1cc(C#N)ccc1-c1cnn(-c2ncc(S(C)(=O)=O)cc2Cl)c1O. The zero-order valence-electron chi connectivity index (χ0n) is 13.8. The van der Waals surface area contributed by atoms with Gasteiger partial charge in [-0.25, -0.2) is 13.4 Å².